The van der Waals surface area contributed by atoms with Crippen molar-refractivity contribution >= 4 is 12.0 Å². The van der Waals surface area contributed by atoms with Crippen LogP contribution in [0.2, 0.25) is 0 Å². The Morgan fingerprint density at radius 1 is 1.23 bits per heavy atom. The van der Waals surface area contributed by atoms with Gasteiger partial charge in [-0.1, -0.05) is 32.9 Å². The highest BCUT2D eigenvalue weighted by Crippen LogP contribution is 2.40. The number of amides is 2. The van der Waals surface area contributed by atoms with Gasteiger partial charge in [-0.3, -0.25) is 9.69 Å². The first-order valence-corrected chi connectivity index (χ1v) is 11.1. The molecule has 166 valence electrons. The van der Waals surface area contributed by atoms with Crippen LogP contribution in [0.3, 0.4) is 0 Å². The first-order valence-electron chi connectivity index (χ1n) is 11.1. The van der Waals surface area contributed by atoms with Gasteiger partial charge in [0.05, 0.1) is 0 Å². The van der Waals surface area contributed by atoms with E-state index >= 15 is 0 Å². The van der Waals surface area contributed by atoms with E-state index in [4.69, 9.17) is 4.52 Å². The monoisotopic (exact) mass is 418 g/mol. The van der Waals surface area contributed by atoms with Gasteiger partial charge in [-0.25, -0.2) is 4.79 Å². The number of aromatic nitrogens is 1. The highest BCUT2D eigenvalue weighted by molar-refractivity contribution is 5.92. The Morgan fingerprint density at radius 2 is 1.97 bits per heavy atom. The van der Waals surface area contributed by atoms with Crippen LogP contribution in [0.5, 0.6) is 0 Å². The Hall–Kier alpha value is -2.09. The van der Waals surface area contributed by atoms with Gasteiger partial charge in [0.25, 0.3) is 5.91 Å². The number of carboxylic acid groups (broad SMARTS) is 1. The molecule has 1 saturated carbocycles. The molecule has 2 N–H and O–H groups in total. The fraction of sp³-hybridized carbons (Fsp3) is 0.773. The summed E-state index contributed by atoms with van der Waals surface area (Å²) in [7, 11) is 0. The predicted molar refractivity (Wildman–Crippen MR) is 111 cm³/mol. The van der Waals surface area contributed by atoms with Crippen LogP contribution < -0.4 is 5.32 Å². The van der Waals surface area contributed by atoms with Gasteiger partial charge < -0.3 is 19.8 Å². The first-order chi connectivity index (χ1) is 14.1. The van der Waals surface area contributed by atoms with Crippen molar-refractivity contribution in [2.24, 2.45) is 11.3 Å². The van der Waals surface area contributed by atoms with E-state index in [2.05, 4.69) is 43.1 Å². The summed E-state index contributed by atoms with van der Waals surface area (Å²) >= 11 is 0. The van der Waals surface area contributed by atoms with Crippen molar-refractivity contribution in [3.8, 4) is 0 Å². The minimum absolute atomic E-state index is 0.00586. The van der Waals surface area contributed by atoms with Gasteiger partial charge in [0.1, 0.15) is 5.76 Å². The molecule has 0 spiro atoms. The number of nitrogens with one attached hydrogen (secondary N) is 1. The molecule has 3 aliphatic rings. The molecule has 0 bridgehead atoms. The van der Waals surface area contributed by atoms with E-state index in [0.717, 1.165) is 44.5 Å². The third-order valence-corrected chi connectivity index (χ3v) is 7.03. The van der Waals surface area contributed by atoms with Crippen LogP contribution in [-0.2, 0) is 0 Å². The zero-order valence-corrected chi connectivity index (χ0v) is 18.4. The molecule has 2 amide bonds. The summed E-state index contributed by atoms with van der Waals surface area (Å²) in [6, 6.07) is 2.17. The van der Waals surface area contributed by atoms with Crippen molar-refractivity contribution in [2.45, 2.75) is 77.4 Å². The fourth-order valence-electron chi connectivity index (χ4n) is 5.02. The van der Waals surface area contributed by atoms with Crippen molar-refractivity contribution in [1.82, 2.24) is 20.3 Å². The van der Waals surface area contributed by atoms with E-state index in [1.165, 1.54) is 0 Å². The maximum Gasteiger partial charge on any atom is 0.407 e. The molecule has 0 aromatic carbocycles. The molecular weight excluding hydrogens is 384 g/mol. The number of hydrogen-bond acceptors (Lipinski definition) is 5. The molecule has 3 fully saturated rings. The number of piperidine rings is 1. The Labute approximate surface area is 177 Å². The van der Waals surface area contributed by atoms with Crippen molar-refractivity contribution in [3.63, 3.8) is 0 Å². The van der Waals surface area contributed by atoms with Crippen molar-refractivity contribution in [3.05, 3.63) is 17.5 Å². The molecule has 0 radical (unpaired) electrons. The molecule has 1 aromatic rings. The standard InChI is InChI=1S/C22H34N4O4/c1-13-11-25(15-7-8-26(21(28)29)19(9-15)22(2,3)4)12-17(13)23-20(27)16-10-18(30-24-16)14-5-6-14/h10,13-15,17,19H,5-9,11-12H2,1-4H3,(H,23,27)(H,28,29)/t13-,15?,17-,19?/m1/s1. The van der Waals surface area contributed by atoms with Crippen molar-refractivity contribution in [2.75, 3.05) is 19.6 Å². The SMILES string of the molecule is C[C@@H]1CN(C2CCN(C(=O)O)C(C(C)(C)C)C2)C[C@H]1NC(=O)c1cc(C2CC2)on1. The van der Waals surface area contributed by atoms with Crippen LogP contribution in [0.25, 0.3) is 0 Å². The second-order valence-electron chi connectivity index (χ2n) is 10.4. The number of carbonyl (C=O) groups excluding carboxylic acids is 1. The number of hydrogen-bond donors (Lipinski definition) is 2. The molecule has 2 saturated heterocycles. The lowest BCUT2D eigenvalue weighted by atomic mass is 9.79. The summed E-state index contributed by atoms with van der Waals surface area (Å²) in [5, 5.41) is 16.7. The second-order valence-corrected chi connectivity index (χ2v) is 10.4. The molecule has 2 aliphatic heterocycles. The predicted octanol–water partition coefficient (Wildman–Crippen LogP) is 3.16. The van der Waals surface area contributed by atoms with Crippen molar-refractivity contribution < 1.29 is 19.2 Å². The lowest BCUT2D eigenvalue weighted by Crippen LogP contribution is -2.56. The molecular formula is C22H34N4O4. The quantitative estimate of drug-likeness (QED) is 0.779. The number of nitrogens with zero attached hydrogens (tertiary/aromatic N) is 3. The normalized spacial score (nSPS) is 30.5. The maximum absolute atomic E-state index is 12.7. The van der Waals surface area contributed by atoms with E-state index in [-0.39, 0.29) is 23.4 Å². The molecule has 1 aliphatic carbocycles. The minimum atomic E-state index is -0.827. The zero-order valence-electron chi connectivity index (χ0n) is 18.4. The third kappa shape index (κ3) is 4.33. The van der Waals surface area contributed by atoms with Gasteiger partial charge in [0, 0.05) is 49.7 Å². The van der Waals surface area contributed by atoms with Gasteiger partial charge in [-0.15, -0.1) is 0 Å². The highest BCUT2D eigenvalue weighted by Gasteiger charge is 2.43. The Balaban J connectivity index is 1.37. The Bertz CT molecular complexity index is 797. The van der Waals surface area contributed by atoms with Crippen LogP contribution in [0.1, 0.15) is 75.5 Å². The maximum atomic E-state index is 12.7. The summed E-state index contributed by atoms with van der Waals surface area (Å²) in [6.07, 6.45) is 3.06. The molecule has 1 aromatic heterocycles. The Kier molecular flexibility index (Phi) is 5.55. The molecule has 2 unspecified atom stereocenters. The van der Waals surface area contributed by atoms with E-state index in [1.54, 1.807) is 11.0 Å². The van der Waals surface area contributed by atoms with Gasteiger partial charge in [0.15, 0.2) is 5.69 Å². The average Bonchev–Trinajstić information content (AvgIpc) is 3.29. The van der Waals surface area contributed by atoms with E-state index < -0.39 is 6.09 Å². The highest BCUT2D eigenvalue weighted by atomic mass is 16.5. The zero-order chi connectivity index (χ0) is 21.6. The number of carbonyl (C=O) groups is 2. The fourth-order valence-corrected chi connectivity index (χ4v) is 5.02. The van der Waals surface area contributed by atoms with Gasteiger partial charge >= 0.3 is 6.09 Å². The van der Waals surface area contributed by atoms with Crippen LogP contribution in [0.4, 0.5) is 4.79 Å². The van der Waals surface area contributed by atoms with Gasteiger partial charge in [-0.2, -0.15) is 0 Å². The molecule has 4 atom stereocenters. The Morgan fingerprint density at radius 3 is 2.60 bits per heavy atom. The smallest absolute Gasteiger partial charge is 0.407 e. The number of rotatable bonds is 4. The molecule has 30 heavy (non-hydrogen) atoms. The van der Waals surface area contributed by atoms with E-state index in [9.17, 15) is 14.7 Å². The lowest BCUT2D eigenvalue weighted by Gasteiger charge is -2.46. The van der Waals surface area contributed by atoms with E-state index in [0.29, 0.717) is 30.1 Å². The third-order valence-electron chi connectivity index (χ3n) is 7.03. The van der Waals surface area contributed by atoms with Crippen LogP contribution in [0.15, 0.2) is 10.6 Å². The summed E-state index contributed by atoms with van der Waals surface area (Å²) in [4.78, 5) is 28.4. The minimum Gasteiger partial charge on any atom is -0.465 e. The largest absolute Gasteiger partial charge is 0.465 e. The van der Waals surface area contributed by atoms with Crippen molar-refractivity contribution in [1.29, 1.82) is 0 Å². The second kappa shape index (κ2) is 7.87. The topological polar surface area (TPSA) is 98.9 Å². The molecule has 4 rings (SSSR count). The van der Waals surface area contributed by atoms with Crippen LogP contribution in [0, 0.1) is 11.3 Å². The van der Waals surface area contributed by atoms with Gasteiger partial charge in [0.2, 0.25) is 0 Å². The summed E-state index contributed by atoms with van der Waals surface area (Å²) in [6.45, 7) is 10.8. The molecule has 8 heteroatoms. The molecule has 8 nitrogen and oxygen atoms in total. The summed E-state index contributed by atoms with van der Waals surface area (Å²) in [5.74, 6) is 1.42. The first kappa shape index (κ1) is 21.2. The van der Waals surface area contributed by atoms with Crippen LogP contribution >= 0.6 is 0 Å². The summed E-state index contributed by atoms with van der Waals surface area (Å²) < 4.78 is 5.32. The molecule has 3 heterocycles. The lowest BCUT2D eigenvalue weighted by molar-refractivity contribution is 0.0244. The van der Waals surface area contributed by atoms with Gasteiger partial charge in [-0.05, 0) is 37.0 Å². The van der Waals surface area contributed by atoms with E-state index in [1.807, 2.05) is 0 Å². The number of likely N-dealkylation sites (tertiary alicyclic amines) is 2. The van der Waals surface area contributed by atoms with Crippen LogP contribution in [-0.4, -0.2) is 69.8 Å². The average molecular weight is 419 g/mol. The summed E-state index contributed by atoms with van der Waals surface area (Å²) in [5.41, 5.74) is 0.257.